The lowest BCUT2D eigenvalue weighted by molar-refractivity contribution is -0.153. The van der Waals surface area contributed by atoms with Gasteiger partial charge in [-0.1, -0.05) is 20.8 Å². The average molecular weight is 158 g/mol. The lowest BCUT2D eigenvalue weighted by Crippen LogP contribution is -2.22. The maximum Gasteiger partial charge on any atom is 0.306 e. The number of hydrogen-bond donors (Lipinski definition) is 0. The Labute approximate surface area is 68.9 Å². The van der Waals surface area contributed by atoms with Crippen LogP contribution < -0.4 is 0 Å². The van der Waals surface area contributed by atoms with Crippen LogP contribution >= 0.6 is 0 Å². The zero-order valence-electron chi connectivity index (χ0n) is 7.72. The van der Waals surface area contributed by atoms with E-state index in [4.69, 9.17) is 4.74 Å². The van der Waals surface area contributed by atoms with Crippen LogP contribution in [0.2, 0.25) is 0 Å². The summed E-state index contributed by atoms with van der Waals surface area (Å²) in [6.45, 7) is 6.04. The van der Waals surface area contributed by atoms with Crippen LogP contribution in [0.3, 0.4) is 0 Å². The molecule has 1 unspecified atom stereocenters. The first kappa shape index (κ1) is 10.5. The average Bonchev–Trinajstić information content (AvgIpc) is 2.08. The van der Waals surface area contributed by atoms with Gasteiger partial charge < -0.3 is 4.74 Å². The largest absolute Gasteiger partial charge is 0.462 e. The number of carbonyl (C=O) groups excluding carboxylic acids is 1. The highest BCUT2D eigenvalue weighted by molar-refractivity contribution is 5.70. The first-order valence-electron chi connectivity index (χ1n) is 4.52. The molecule has 2 heteroatoms. The Bertz CT molecular complexity index is 110. The van der Waals surface area contributed by atoms with Crippen molar-refractivity contribution < 1.29 is 9.53 Å². The molecule has 1 rings (SSSR count). The van der Waals surface area contributed by atoms with Crippen molar-refractivity contribution in [2.24, 2.45) is 0 Å². The summed E-state index contributed by atoms with van der Waals surface area (Å²) in [7, 11) is 0. The van der Waals surface area contributed by atoms with Gasteiger partial charge in [0.2, 0.25) is 0 Å². The molecule has 0 aliphatic carbocycles. The molecule has 66 valence electrons. The molecule has 1 aliphatic rings. The molecule has 0 aromatic rings. The van der Waals surface area contributed by atoms with Gasteiger partial charge in [-0.05, 0) is 19.3 Å². The van der Waals surface area contributed by atoms with Gasteiger partial charge in [-0.25, -0.2) is 0 Å². The Kier molecular flexibility index (Phi) is 5.90. The van der Waals surface area contributed by atoms with E-state index in [1.54, 1.807) is 0 Å². The van der Waals surface area contributed by atoms with Gasteiger partial charge in [0.05, 0.1) is 0 Å². The first-order valence-corrected chi connectivity index (χ1v) is 4.52. The predicted molar refractivity (Wildman–Crippen MR) is 45.4 cm³/mol. The van der Waals surface area contributed by atoms with Gasteiger partial charge in [0.1, 0.15) is 6.10 Å². The lowest BCUT2D eigenvalue weighted by Gasteiger charge is -2.20. The second-order valence-corrected chi connectivity index (χ2v) is 2.41. The van der Waals surface area contributed by atoms with Gasteiger partial charge in [-0.2, -0.15) is 0 Å². The number of hydrogen-bond acceptors (Lipinski definition) is 2. The van der Waals surface area contributed by atoms with Crippen LogP contribution in [0.5, 0.6) is 0 Å². The predicted octanol–water partition coefficient (Wildman–Crippen LogP) is 2.52. The zero-order chi connectivity index (χ0) is 8.69. The molecule has 0 bridgehead atoms. The van der Waals surface area contributed by atoms with Crippen LogP contribution in [-0.4, -0.2) is 12.1 Å². The summed E-state index contributed by atoms with van der Waals surface area (Å²) >= 11 is 0. The van der Waals surface area contributed by atoms with E-state index in [0.717, 1.165) is 19.3 Å². The molecule has 0 saturated carbocycles. The van der Waals surface area contributed by atoms with E-state index in [9.17, 15) is 4.79 Å². The monoisotopic (exact) mass is 158 g/mol. The standard InChI is InChI=1S/C7H12O2.C2H6/c1-2-6-4-3-5-7(8)9-6;1-2/h6H,2-5H2,1H3;1-2H3. The summed E-state index contributed by atoms with van der Waals surface area (Å²) < 4.78 is 5.00. The Balaban J connectivity index is 0.000000461. The lowest BCUT2D eigenvalue weighted by atomic mass is 10.1. The third kappa shape index (κ3) is 4.02. The number of esters is 1. The third-order valence-electron chi connectivity index (χ3n) is 1.66. The Morgan fingerprint density at radius 2 is 2.18 bits per heavy atom. The molecule has 0 aromatic heterocycles. The summed E-state index contributed by atoms with van der Waals surface area (Å²) in [5, 5.41) is 0. The Morgan fingerprint density at radius 1 is 1.55 bits per heavy atom. The summed E-state index contributed by atoms with van der Waals surface area (Å²) in [5.74, 6) is -0.0203. The van der Waals surface area contributed by atoms with Crippen molar-refractivity contribution in [3.05, 3.63) is 0 Å². The van der Waals surface area contributed by atoms with Crippen LogP contribution in [0.1, 0.15) is 46.5 Å². The minimum Gasteiger partial charge on any atom is -0.462 e. The maximum absolute atomic E-state index is 10.6. The fourth-order valence-electron chi connectivity index (χ4n) is 1.07. The summed E-state index contributed by atoms with van der Waals surface area (Å²) in [6.07, 6.45) is 3.87. The molecule has 0 N–H and O–H groups in total. The number of cyclic esters (lactones) is 1. The summed E-state index contributed by atoms with van der Waals surface area (Å²) in [4.78, 5) is 10.6. The van der Waals surface area contributed by atoms with Crippen molar-refractivity contribution in [3.8, 4) is 0 Å². The van der Waals surface area contributed by atoms with E-state index in [-0.39, 0.29) is 12.1 Å². The van der Waals surface area contributed by atoms with Crippen molar-refractivity contribution in [2.75, 3.05) is 0 Å². The van der Waals surface area contributed by atoms with E-state index in [2.05, 4.69) is 0 Å². The Morgan fingerprint density at radius 3 is 2.55 bits per heavy atom. The highest BCUT2D eigenvalue weighted by atomic mass is 16.5. The molecule has 2 nitrogen and oxygen atoms in total. The highest BCUT2D eigenvalue weighted by Crippen LogP contribution is 2.15. The number of rotatable bonds is 1. The van der Waals surface area contributed by atoms with Gasteiger partial charge in [-0.15, -0.1) is 0 Å². The van der Waals surface area contributed by atoms with Crippen LogP contribution in [-0.2, 0) is 9.53 Å². The molecule has 0 radical (unpaired) electrons. The van der Waals surface area contributed by atoms with Gasteiger partial charge in [0.25, 0.3) is 0 Å². The topological polar surface area (TPSA) is 26.3 Å². The molecule has 0 amide bonds. The van der Waals surface area contributed by atoms with Gasteiger partial charge in [0.15, 0.2) is 0 Å². The van der Waals surface area contributed by atoms with Crippen LogP contribution in [0.15, 0.2) is 0 Å². The molecular weight excluding hydrogens is 140 g/mol. The molecular formula is C9H18O2. The van der Waals surface area contributed by atoms with Gasteiger partial charge in [-0.3, -0.25) is 4.79 Å². The summed E-state index contributed by atoms with van der Waals surface area (Å²) in [6, 6.07) is 0. The van der Waals surface area contributed by atoms with E-state index >= 15 is 0 Å². The molecule has 1 saturated heterocycles. The molecule has 1 atom stereocenters. The quantitative estimate of drug-likeness (QED) is 0.548. The number of ether oxygens (including phenoxy) is 1. The Hall–Kier alpha value is -0.530. The minimum atomic E-state index is -0.0203. The fraction of sp³-hybridized carbons (Fsp3) is 0.889. The molecule has 1 heterocycles. The third-order valence-corrected chi connectivity index (χ3v) is 1.66. The highest BCUT2D eigenvalue weighted by Gasteiger charge is 2.17. The molecule has 0 aromatic carbocycles. The maximum atomic E-state index is 10.6. The second-order valence-electron chi connectivity index (χ2n) is 2.41. The fourth-order valence-corrected chi connectivity index (χ4v) is 1.07. The smallest absolute Gasteiger partial charge is 0.306 e. The molecule has 0 spiro atoms. The van der Waals surface area contributed by atoms with Crippen LogP contribution in [0.4, 0.5) is 0 Å². The van der Waals surface area contributed by atoms with E-state index in [1.807, 2.05) is 20.8 Å². The molecule has 1 fully saturated rings. The van der Waals surface area contributed by atoms with Crippen molar-refractivity contribution in [3.63, 3.8) is 0 Å². The van der Waals surface area contributed by atoms with E-state index < -0.39 is 0 Å². The number of carbonyl (C=O) groups is 1. The van der Waals surface area contributed by atoms with Crippen molar-refractivity contribution in [1.29, 1.82) is 0 Å². The van der Waals surface area contributed by atoms with Crippen molar-refractivity contribution >= 4 is 5.97 Å². The van der Waals surface area contributed by atoms with Crippen LogP contribution in [0.25, 0.3) is 0 Å². The zero-order valence-corrected chi connectivity index (χ0v) is 7.72. The van der Waals surface area contributed by atoms with E-state index in [1.165, 1.54) is 0 Å². The second kappa shape index (κ2) is 6.20. The SMILES string of the molecule is CC.CCC1CCCC(=O)O1. The van der Waals surface area contributed by atoms with Gasteiger partial charge in [0, 0.05) is 6.42 Å². The van der Waals surface area contributed by atoms with Crippen molar-refractivity contribution in [2.45, 2.75) is 52.6 Å². The van der Waals surface area contributed by atoms with Crippen molar-refractivity contribution in [1.82, 2.24) is 0 Å². The summed E-state index contributed by atoms with van der Waals surface area (Å²) in [5.41, 5.74) is 0. The molecule has 1 aliphatic heterocycles. The first-order chi connectivity index (χ1) is 5.33. The molecule has 11 heavy (non-hydrogen) atoms. The van der Waals surface area contributed by atoms with Crippen LogP contribution in [0, 0.1) is 0 Å². The minimum absolute atomic E-state index is 0.0203. The van der Waals surface area contributed by atoms with Gasteiger partial charge >= 0.3 is 5.97 Å². The normalized spacial score (nSPS) is 23.2. The van der Waals surface area contributed by atoms with E-state index in [0.29, 0.717) is 6.42 Å².